The van der Waals surface area contributed by atoms with E-state index in [-0.39, 0.29) is 22.8 Å². The van der Waals surface area contributed by atoms with Crippen LogP contribution in [0.3, 0.4) is 0 Å². The summed E-state index contributed by atoms with van der Waals surface area (Å²) in [7, 11) is 1.68. The minimum Gasteiger partial charge on any atom is -0.385 e. The van der Waals surface area contributed by atoms with Gasteiger partial charge >= 0.3 is 0 Å². The van der Waals surface area contributed by atoms with E-state index in [2.05, 4.69) is 26.3 Å². The Morgan fingerprint density at radius 2 is 2.03 bits per heavy atom. The number of ether oxygens (including phenoxy) is 1. The standard InChI is InChI=1S/C25H20FN5O3/c1-34-11-7-15-12-14-4-2-5-16-21(27-8-10-30(15)22(14)16)20-19(24(32)29-25(20)33)18-13-28-23-17(26)6-3-9-31(18)23/h2-6,8-10,13,15H,7,11-12H2,1H3,(H,29,32,33). The van der Waals surface area contributed by atoms with E-state index in [0.717, 1.165) is 29.7 Å². The molecule has 2 aromatic heterocycles. The van der Waals surface area contributed by atoms with Crippen molar-refractivity contribution in [1.29, 1.82) is 0 Å². The lowest BCUT2D eigenvalue weighted by molar-refractivity contribution is -0.123. The fraction of sp³-hybridized carbons (Fsp3) is 0.200. The van der Waals surface area contributed by atoms with Gasteiger partial charge in [-0.15, -0.1) is 0 Å². The molecule has 0 radical (unpaired) electrons. The number of carbonyl (C=O) groups is 2. The average molecular weight is 457 g/mol. The number of anilines is 1. The molecular weight excluding hydrogens is 437 g/mol. The van der Waals surface area contributed by atoms with Gasteiger partial charge in [-0.3, -0.25) is 24.3 Å². The molecule has 3 aliphatic heterocycles. The first-order valence-corrected chi connectivity index (χ1v) is 10.9. The molecule has 1 unspecified atom stereocenters. The molecule has 3 aromatic rings. The highest BCUT2D eigenvalue weighted by molar-refractivity contribution is 6.47. The first kappa shape index (κ1) is 20.5. The lowest BCUT2D eigenvalue weighted by atomic mass is 9.94. The number of pyridine rings is 1. The van der Waals surface area contributed by atoms with Crippen LogP contribution in [-0.2, 0) is 20.7 Å². The van der Waals surface area contributed by atoms with Crippen LogP contribution < -0.4 is 10.2 Å². The van der Waals surface area contributed by atoms with Gasteiger partial charge in [0.05, 0.1) is 34.4 Å². The molecule has 0 spiro atoms. The largest absolute Gasteiger partial charge is 0.385 e. The van der Waals surface area contributed by atoms with Gasteiger partial charge < -0.3 is 9.64 Å². The van der Waals surface area contributed by atoms with Crippen LogP contribution in [0.2, 0.25) is 0 Å². The van der Waals surface area contributed by atoms with Crippen LogP contribution in [0.4, 0.5) is 10.1 Å². The molecule has 0 saturated carbocycles. The van der Waals surface area contributed by atoms with E-state index in [4.69, 9.17) is 4.74 Å². The van der Waals surface area contributed by atoms with Crippen molar-refractivity contribution in [2.45, 2.75) is 18.9 Å². The fourth-order valence-corrected chi connectivity index (χ4v) is 5.01. The molecule has 34 heavy (non-hydrogen) atoms. The van der Waals surface area contributed by atoms with E-state index in [9.17, 15) is 14.0 Å². The fourth-order valence-electron chi connectivity index (χ4n) is 5.01. The molecule has 2 amide bonds. The Labute approximate surface area is 194 Å². The van der Waals surface area contributed by atoms with Crippen molar-refractivity contribution in [3.63, 3.8) is 0 Å². The zero-order valence-corrected chi connectivity index (χ0v) is 18.3. The van der Waals surface area contributed by atoms with E-state index in [1.807, 2.05) is 18.3 Å². The van der Waals surface area contributed by atoms with Crippen molar-refractivity contribution in [2.75, 3.05) is 18.6 Å². The molecule has 0 saturated heterocycles. The molecule has 6 rings (SSSR count). The zero-order valence-electron chi connectivity index (χ0n) is 18.3. The Balaban J connectivity index is 1.54. The van der Waals surface area contributed by atoms with Gasteiger partial charge in [-0.05, 0) is 30.5 Å². The van der Waals surface area contributed by atoms with E-state index in [1.54, 1.807) is 19.5 Å². The summed E-state index contributed by atoms with van der Waals surface area (Å²) < 4.78 is 21.0. The quantitative estimate of drug-likeness (QED) is 0.595. The van der Waals surface area contributed by atoms with Gasteiger partial charge in [-0.25, -0.2) is 9.37 Å². The third-order valence-electron chi connectivity index (χ3n) is 6.48. The summed E-state index contributed by atoms with van der Waals surface area (Å²) in [6, 6.07) is 8.93. The molecular formula is C25H20FN5O3. The van der Waals surface area contributed by atoms with E-state index >= 15 is 0 Å². The Morgan fingerprint density at radius 1 is 1.18 bits per heavy atom. The van der Waals surface area contributed by atoms with Crippen LogP contribution in [-0.4, -0.2) is 46.7 Å². The second kappa shape index (κ2) is 7.74. The smallest absolute Gasteiger partial charge is 0.261 e. The van der Waals surface area contributed by atoms with Gasteiger partial charge in [0, 0.05) is 43.9 Å². The van der Waals surface area contributed by atoms with Gasteiger partial charge in [0.1, 0.15) is 0 Å². The summed E-state index contributed by atoms with van der Waals surface area (Å²) in [5.74, 6) is -1.63. The van der Waals surface area contributed by atoms with Crippen LogP contribution in [0.5, 0.6) is 0 Å². The van der Waals surface area contributed by atoms with Gasteiger partial charge in [-0.1, -0.05) is 18.2 Å². The molecule has 0 fully saturated rings. The van der Waals surface area contributed by atoms with Gasteiger partial charge in [0.25, 0.3) is 11.8 Å². The zero-order chi connectivity index (χ0) is 23.4. The van der Waals surface area contributed by atoms with Crippen LogP contribution in [0, 0.1) is 5.82 Å². The number of nitrogens with zero attached hydrogens (tertiary/aromatic N) is 4. The van der Waals surface area contributed by atoms with Crippen LogP contribution >= 0.6 is 0 Å². The summed E-state index contributed by atoms with van der Waals surface area (Å²) in [5.41, 5.74) is 3.94. The maximum atomic E-state index is 14.3. The number of imidazole rings is 1. The summed E-state index contributed by atoms with van der Waals surface area (Å²) in [6.07, 6.45) is 8.25. The highest BCUT2D eigenvalue weighted by Gasteiger charge is 2.39. The number of halogens is 1. The first-order valence-electron chi connectivity index (χ1n) is 10.9. The normalized spacial score (nSPS) is 19.1. The second-order valence-corrected chi connectivity index (χ2v) is 8.36. The maximum absolute atomic E-state index is 14.3. The number of nitrogens with one attached hydrogen (secondary N) is 1. The predicted molar refractivity (Wildman–Crippen MR) is 124 cm³/mol. The number of aliphatic imine (C=N–C) groups is 1. The topological polar surface area (TPSA) is 88.3 Å². The van der Waals surface area contributed by atoms with Gasteiger partial charge in [-0.2, -0.15) is 0 Å². The van der Waals surface area contributed by atoms with Crippen molar-refractivity contribution in [1.82, 2.24) is 14.7 Å². The highest BCUT2D eigenvalue weighted by Crippen LogP contribution is 2.40. The van der Waals surface area contributed by atoms with Gasteiger partial charge in [0.2, 0.25) is 0 Å². The number of methoxy groups -OCH3 is 1. The van der Waals surface area contributed by atoms with Crippen molar-refractivity contribution in [3.8, 4) is 0 Å². The maximum Gasteiger partial charge on any atom is 0.261 e. The number of aromatic nitrogens is 2. The number of hydrogen-bond acceptors (Lipinski definition) is 6. The molecule has 0 aliphatic carbocycles. The Hall–Kier alpha value is -4.11. The van der Waals surface area contributed by atoms with E-state index in [1.165, 1.54) is 22.7 Å². The molecule has 5 heterocycles. The van der Waals surface area contributed by atoms with E-state index in [0.29, 0.717) is 18.0 Å². The van der Waals surface area contributed by atoms with Crippen molar-refractivity contribution in [2.24, 2.45) is 4.99 Å². The molecule has 3 aliphatic rings. The number of amides is 2. The van der Waals surface area contributed by atoms with E-state index < -0.39 is 17.6 Å². The number of para-hydroxylation sites is 1. The first-order chi connectivity index (χ1) is 16.6. The Bertz CT molecular complexity index is 1470. The number of benzene rings is 1. The number of rotatable bonds is 5. The number of imide groups is 1. The molecule has 0 bridgehead atoms. The van der Waals surface area contributed by atoms with Crippen molar-refractivity contribution in [3.05, 3.63) is 83.3 Å². The van der Waals surface area contributed by atoms with Crippen LogP contribution in [0.25, 0.3) is 11.2 Å². The Morgan fingerprint density at radius 3 is 2.88 bits per heavy atom. The van der Waals surface area contributed by atoms with Crippen LogP contribution in [0.1, 0.15) is 23.2 Å². The third-order valence-corrected chi connectivity index (χ3v) is 6.48. The SMILES string of the molecule is COCCC1Cc2cccc3c2N1C=CN=C3C1=C(c2cnc3c(F)cccn23)C(=O)NC1=O. The second-order valence-electron chi connectivity index (χ2n) is 8.36. The molecule has 1 atom stereocenters. The minimum absolute atomic E-state index is 0.0759. The van der Waals surface area contributed by atoms with Crippen molar-refractivity contribution < 1.29 is 18.7 Å². The summed E-state index contributed by atoms with van der Waals surface area (Å²) in [5, 5.41) is 2.39. The molecule has 8 nitrogen and oxygen atoms in total. The number of hydrogen-bond donors (Lipinski definition) is 1. The summed E-state index contributed by atoms with van der Waals surface area (Å²) in [4.78, 5) is 36.9. The summed E-state index contributed by atoms with van der Waals surface area (Å²) in [6.45, 7) is 0.628. The van der Waals surface area contributed by atoms with Gasteiger partial charge in [0.15, 0.2) is 11.5 Å². The monoisotopic (exact) mass is 457 g/mol. The molecule has 1 N–H and O–H groups in total. The van der Waals surface area contributed by atoms with Crippen LogP contribution in [0.15, 0.2) is 65.7 Å². The van der Waals surface area contributed by atoms with Crippen molar-refractivity contribution >= 4 is 34.4 Å². The lowest BCUT2D eigenvalue weighted by Crippen LogP contribution is -2.28. The number of carbonyl (C=O) groups excluding carboxylic acids is 2. The minimum atomic E-state index is -0.565. The molecule has 170 valence electrons. The molecule has 1 aromatic carbocycles. The third kappa shape index (κ3) is 2.94. The summed E-state index contributed by atoms with van der Waals surface area (Å²) >= 11 is 0. The lowest BCUT2D eigenvalue weighted by Gasteiger charge is -2.24. The highest BCUT2D eigenvalue weighted by atomic mass is 19.1. The average Bonchev–Trinajstić information content (AvgIpc) is 3.44. The Kier molecular flexibility index (Phi) is 4.66. The predicted octanol–water partition coefficient (Wildman–Crippen LogP) is 2.63. The number of fused-ring (bicyclic) bond motifs is 1. The molecule has 9 heteroatoms.